The zero-order valence-corrected chi connectivity index (χ0v) is 41.4. The fourth-order valence-corrected chi connectivity index (χ4v) is 8.36. The molecule has 0 aromatic rings. The molecule has 1 fully saturated rings. The van der Waals surface area contributed by atoms with Crippen molar-refractivity contribution in [1.82, 2.24) is 0 Å². The first-order valence-electron chi connectivity index (χ1n) is 25.7. The largest absolute Gasteiger partial charge is 0.462 e. The SMILES string of the molecule is CCCCCCCCC/C=C/C/C=C/C/C=C/C/C=C/CCCC(=O)O[C@H](COC(=O)CCCCCCCCCCCCCCCCCC)CO[C@H]1O[C@H](CS(=O)(=O)O)[C@@H](O)C(O)C1O. The molecule has 0 saturated carbocycles. The second-order valence-corrected chi connectivity index (χ2v) is 19.3. The van der Waals surface area contributed by atoms with E-state index in [4.69, 9.17) is 18.9 Å². The number of allylic oxidation sites excluding steroid dienone is 8. The average molecular weight is 941 g/mol. The molecule has 0 aliphatic carbocycles. The molecule has 0 spiro atoms. The van der Waals surface area contributed by atoms with E-state index in [0.29, 0.717) is 19.3 Å². The summed E-state index contributed by atoms with van der Waals surface area (Å²) in [7, 11) is -4.61. The molecule has 378 valence electrons. The number of aliphatic hydroxyl groups excluding tert-OH is 3. The molecule has 1 aliphatic heterocycles. The van der Waals surface area contributed by atoms with Crippen LogP contribution in [0.4, 0.5) is 0 Å². The molecule has 0 amide bonds. The van der Waals surface area contributed by atoms with E-state index < -0.39 is 71.2 Å². The first kappa shape index (κ1) is 60.6. The molecule has 1 aliphatic rings. The Morgan fingerprint density at radius 3 is 1.42 bits per heavy atom. The molecule has 12 nitrogen and oxygen atoms in total. The Balaban J connectivity index is 2.43. The lowest BCUT2D eigenvalue weighted by atomic mass is 10.00. The van der Waals surface area contributed by atoms with Crippen molar-refractivity contribution in [1.29, 1.82) is 0 Å². The van der Waals surface area contributed by atoms with Crippen molar-refractivity contribution in [2.24, 2.45) is 0 Å². The van der Waals surface area contributed by atoms with Crippen LogP contribution in [0.5, 0.6) is 0 Å². The summed E-state index contributed by atoms with van der Waals surface area (Å²) in [6.45, 7) is 3.74. The Morgan fingerprint density at radius 1 is 0.523 bits per heavy atom. The minimum absolute atomic E-state index is 0.0893. The summed E-state index contributed by atoms with van der Waals surface area (Å²) in [5.41, 5.74) is 0. The Labute approximate surface area is 394 Å². The van der Waals surface area contributed by atoms with Crippen molar-refractivity contribution in [3.05, 3.63) is 48.6 Å². The van der Waals surface area contributed by atoms with Crippen LogP contribution in [0.15, 0.2) is 48.6 Å². The predicted octanol–water partition coefficient (Wildman–Crippen LogP) is 11.5. The highest BCUT2D eigenvalue weighted by Gasteiger charge is 2.46. The number of rotatable bonds is 43. The van der Waals surface area contributed by atoms with Crippen LogP contribution in [0, 0.1) is 0 Å². The average Bonchev–Trinajstić information content (AvgIpc) is 3.27. The van der Waals surface area contributed by atoms with Gasteiger partial charge in [-0.05, 0) is 51.4 Å². The van der Waals surface area contributed by atoms with Crippen molar-refractivity contribution in [3.63, 3.8) is 0 Å². The molecule has 0 aromatic heterocycles. The fraction of sp³-hybridized carbons (Fsp3) is 0.808. The van der Waals surface area contributed by atoms with Gasteiger partial charge in [-0.15, -0.1) is 0 Å². The maximum absolute atomic E-state index is 12.8. The highest BCUT2D eigenvalue weighted by Crippen LogP contribution is 2.24. The smallest absolute Gasteiger partial charge is 0.306 e. The second kappa shape index (κ2) is 41.8. The van der Waals surface area contributed by atoms with Crippen LogP contribution in [0.25, 0.3) is 0 Å². The van der Waals surface area contributed by atoms with Crippen molar-refractivity contribution in [3.8, 4) is 0 Å². The van der Waals surface area contributed by atoms with Gasteiger partial charge in [-0.2, -0.15) is 8.42 Å². The summed E-state index contributed by atoms with van der Waals surface area (Å²) in [6.07, 6.45) is 41.6. The number of esters is 2. The zero-order valence-electron chi connectivity index (χ0n) is 40.6. The van der Waals surface area contributed by atoms with Gasteiger partial charge in [0.05, 0.1) is 6.61 Å². The molecule has 6 atom stereocenters. The van der Waals surface area contributed by atoms with E-state index in [2.05, 4.69) is 50.3 Å². The Hall–Kier alpha value is -2.39. The highest BCUT2D eigenvalue weighted by molar-refractivity contribution is 7.85. The molecular weight excluding hydrogens is 849 g/mol. The standard InChI is InChI=1S/C52H92O12S/c1-3-5-7-9-11-13-15-17-19-21-22-23-24-25-27-29-31-33-35-37-39-41-48(54)63-45(43-62-52-51(57)50(56)49(55)46(64-52)44-65(58,59)60)42-61-47(53)40-38-36-34-32-30-28-26-20-18-16-14-12-10-8-6-4-2/h19,21,23-24,27,29,33,35,45-46,49-52,55-57H,3-18,20,22,25-26,28,30-32,34,36-44H2,1-2H3,(H,58,59,60)/b21-19+,24-23+,29-27+,35-33+/t45-,46-,49-,50?,51?,52+/m1/s1. The van der Waals surface area contributed by atoms with Gasteiger partial charge in [0.15, 0.2) is 12.4 Å². The quantitative estimate of drug-likeness (QED) is 0.0196. The molecule has 1 saturated heterocycles. The molecular formula is C52H92O12S. The molecule has 0 aromatic carbocycles. The maximum Gasteiger partial charge on any atom is 0.306 e. The first-order valence-corrected chi connectivity index (χ1v) is 27.3. The van der Waals surface area contributed by atoms with E-state index in [1.54, 1.807) is 0 Å². The van der Waals surface area contributed by atoms with Crippen LogP contribution in [0.2, 0.25) is 0 Å². The van der Waals surface area contributed by atoms with Crippen LogP contribution in [0.3, 0.4) is 0 Å². The summed E-state index contributed by atoms with van der Waals surface area (Å²) in [5, 5.41) is 31.0. The van der Waals surface area contributed by atoms with Gasteiger partial charge in [0.25, 0.3) is 10.1 Å². The monoisotopic (exact) mass is 941 g/mol. The minimum atomic E-state index is -4.61. The highest BCUT2D eigenvalue weighted by atomic mass is 32.2. The second-order valence-electron chi connectivity index (χ2n) is 17.8. The number of ether oxygens (including phenoxy) is 4. The Morgan fingerprint density at radius 2 is 0.938 bits per heavy atom. The van der Waals surface area contributed by atoms with Gasteiger partial charge in [0, 0.05) is 12.8 Å². The summed E-state index contributed by atoms with van der Waals surface area (Å²) in [4.78, 5) is 25.5. The van der Waals surface area contributed by atoms with E-state index in [0.717, 1.165) is 44.9 Å². The molecule has 13 heteroatoms. The van der Waals surface area contributed by atoms with Crippen LogP contribution >= 0.6 is 0 Å². The van der Waals surface area contributed by atoms with E-state index in [9.17, 15) is 37.9 Å². The number of carbonyl (C=O) groups is 2. The van der Waals surface area contributed by atoms with Crippen LogP contribution in [-0.2, 0) is 38.7 Å². The number of hydrogen-bond donors (Lipinski definition) is 4. The third-order valence-corrected chi connectivity index (χ3v) is 12.4. The van der Waals surface area contributed by atoms with E-state index in [1.165, 1.54) is 122 Å². The minimum Gasteiger partial charge on any atom is -0.462 e. The molecule has 1 rings (SSSR count). The Kier molecular flexibility index (Phi) is 39.0. The number of carbonyl (C=O) groups excluding carboxylic acids is 2. The van der Waals surface area contributed by atoms with Crippen molar-refractivity contribution < 1.29 is 56.8 Å². The number of hydrogen-bond acceptors (Lipinski definition) is 11. The van der Waals surface area contributed by atoms with Gasteiger partial charge in [0.2, 0.25) is 0 Å². The molecule has 0 radical (unpaired) electrons. The third kappa shape index (κ3) is 36.3. The van der Waals surface area contributed by atoms with E-state index in [-0.39, 0.29) is 19.4 Å². The lowest BCUT2D eigenvalue weighted by Gasteiger charge is -2.40. The van der Waals surface area contributed by atoms with Gasteiger partial charge in [0.1, 0.15) is 36.8 Å². The summed E-state index contributed by atoms with van der Waals surface area (Å²) >= 11 is 0. The molecule has 2 unspecified atom stereocenters. The zero-order chi connectivity index (χ0) is 47.6. The lowest BCUT2D eigenvalue weighted by molar-refractivity contribution is -0.297. The number of unbranched alkanes of at least 4 members (excludes halogenated alkanes) is 23. The van der Waals surface area contributed by atoms with E-state index >= 15 is 0 Å². The van der Waals surface area contributed by atoms with E-state index in [1.807, 2.05) is 12.2 Å². The summed E-state index contributed by atoms with van der Waals surface area (Å²) in [6, 6.07) is 0. The van der Waals surface area contributed by atoms with Crippen LogP contribution in [-0.4, -0.2) is 96.0 Å². The third-order valence-electron chi connectivity index (χ3n) is 11.7. The van der Waals surface area contributed by atoms with Gasteiger partial charge < -0.3 is 34.3 Å². The normalized spacial score (nSPS) is 19.9. The first-order chi connectivity index (χ1) is 31.5. The fourth-order valence-electron chi connectivity index (χ4n) is 7.67. The van der Waals surface area contributed by atoms with Crippen molar-refractivity contribution >= 4 is 22.1 Å². The summed E-state index contributed by atoms with van der Waals surface area (Å²) < 4.78 is 54.2. The van der Waals surface area contributed by atoms with Crippen LogP contribution in [0.1, 0.15) is 213 Å². The predicted molar refractivity (Wildman–Crippen MR) is 261 cm³/mol. The Bertz CT molecular complexity index is 1380. The van der Waals surface area contributed by atoms with Gasteiger partial charge in [-0.1, -0.05) is 197 Å². The van der Waals surface area contributed by atoms with Gasteiger partial charge >= 0.3 is 11.9 Å². The molecule has 4 N–H and O–H groups in total. The van der Waals surface area contributed by atoms with Gasteiger partial charge in [-0.25, -0.2) is 0 Å². The number of aliphatic hydroxyl groups is 3. The molecule has 65 heavy (non-hydrogen) atoms. The summed E-state index contributed by atoms with van der Waals surface area (Å²) in [5.74, 6) is -2.05. The van der Waals surface area contributed by atoms with Crippen molar-refractivity contribution in [2.45, 2.75) is 250 Å². The maximum atomic E-state index is 12.8. The lowest BCUT2D eigenvalue weighted by Crippen LogP contribution is -2.60. The van der Waals surface area contributed by atoms with Crippen LogP contribution < -0.4 is 0 Å². The van der Waals surface area contributed by atoms with Crippen molar-refractivity contribution in [2.75, 3.05) is 19.0 Å². The molecule has 0 bridgehead atoms. The molecule has 1 heterocycles. The van der Waals surface area contributed by atoms with Gasteiger partial charge in [-0.3, -0.25) is 14.1 Å². The topological polar surface area (TPSA) is 186 Å².